The maximum Gasteiger partial charge on any atom is 0.254 e. The number of carbonyl (C=O) groups is 1. The Balaban J connectivity index is 1.52. The molecule has 1 fully saturated rings. The minimum atomic E-state index is -0.0724. The van der Waals surface area contributed by atoms with E-state index in [0.717, 1.165) is 47.0 Å². The van der Waals surface area contributed by atoms with Gasteiger partial charge in [-0.05, 0) is 31.4 Å². The molecule has 1 unspecified atom stereocenters. The highest BCUT2D eigenvalue weighted by atomic mass is 32.1. The second-order valence-corrected chi connectivity index (χ2v) is 7.90. The number of aryl methyl sites for hydroxylation is 2. The molecule has 0 spiro atoms. The largest absolute Gasteiger partial charge is 0.494 e. The van der Waals surface area contributed by atoms with Crippen molar-refractivity contribution in [2.24, 2.45) is 7.05 Å². The molecule has 1 aliphatic heterocycles. The molecule has 7 nitrogen and oxygen atoms in total. The second-order valence-electron chi connectivity index (χ2n) is 6.92. The quantitative estimate of drug-likeness (QED) is 0.748. The number of carbonyl (C=O) groups excluding carboxylic acids is 1. The number of piperidine rings is 1. The number of methoxy groups -OCH3 is 1. The first kappa shape index (κ1) is 17.8. The number of hydrogen-bond donors (Lipinski definition) is 1. The van der Waals surface area contributed by atoms with Gasteiger partial charge in [-0.15, -0.1) is 0 Å². The number of anilines is 1. The molecule has 1 amide bonds. The van der Waals surface area contributed by atoms with E-state index in [-0.39, 0.29) is 11.9 Å². The van der Waals surface area contributed by atoms with Crippen molar-refractivity contribution < 1.29 is 9.53 Å². The summed E-state index contributed by atoms with van der Waals surface area (Å²) in [6.07, 6.45) is 5.32. The van der Waals surface area contributed by atoms with Gasteiger partial charge in [-0.2, -0.15) is 5.10 Å². The van der Waals surface area contributed by atoms with Crippen LogP contribution in [0.25, 0.3) is 10.2 Å². The summed E-state index contributed by atoms with van der Waals surface area (Å²) in [5.41, 5.74) is 2.71. The summed E-state index contributed by atoms with van der Waals surface area (Å²) >= 11 is 1.69. The Hall–Kier alpha value is -2.61. The summed E-state index contributed by atoms with van der Waals surface area (Å²) < 4.78 is 8.26. The lowest BCUT2D eigenvalue weighted by atomic mass is 10.1. The maximum absolute atomic E-state index is 12.4. The molecular formula is C19H23N5O2S. The van der Waals surface area contributed by atoms with Crippen molar-refractivity contribution in [3.8, 4) is 5.75 Å². The Morgan fingerprint density at radius 3 is 3.00 bits per heavy atom. The van der Waals surface area contributed by atoms with Gasteiger partial charge in [0.15, 0.2) is 5.13 Å². The Bertz CT molecular complexity index is 980. The van der Waals surface area contributed by atoms with E-state index in [2.05, 4.69) is 28.3 Å². The van der Waals surface area contributed by atoms with Crippen molar-refractivity contribution in [1.29, 1.82) is 0 Å². The van der Waals surface area contributed by atoms with Gasteiger partial charge in [-0.25, -0.2) is 4.98 Å². The molecule has 1 saturated heterocycles. The molecule has 0 saturated carbocycles. The van der Waals surface area contributed by atoms with Gasteiger partial charge >= 0.3 is 0 Å². The van der Waals surface area contributed by atoms with Crippen molar-refractivity contribution in [2.45, 2.75) is 25.8 Å². The number of aromatic nitrogens is 3. The first-order valence-electron chi connectivity index (χ1n) is 9.03. The molecule has 2 aromatic heterocycles. The van der Waals surface area contributed by atoms with Gasteiger partial charge in [0.1, 0.15) is 11.3 Å². The molecular weight excluding hydrogens is 362 g/mol. The zero-order chi connectivity index (χ0) is 19.0. The molecule has 3 aromatic rings. The van der Waals surface area contributed by atoms with E-state index < -0.39 is 0 Å². The topological polar surface area (TPSA) is 72.3 Å². The third kappa shape index (κ3) is 3.49. The van der Waals surface area contributed by atoms with Crippen LogP contribution in [0.3, 0.4) is 0 Å². The van der Waals surface area contributed by atoms with Gasteiger partial charge in [0.25, 0.3) is 5.91 Å². The minimum Gasteiger partial charge on any atom is -0.494 e. The monoisotopic (exact) mass is 385 g/mol. The van der Waals surface area contributed by atoms with Crippen LogP contribution in [0.5, 0.6) is 5.75 Å². The fourth-order valence-electron chi connectivity index (χ4n) is 3.47. The number of hydrogen-bond acceptors (Lipinski definition) is 6. The van der Waals surface area contributed by atoms with Crippen LogP contribution in [0, 0.1) is 6.92 Å². The Morgan fingerprint density at radius 1 is 1.41 bits per heavy atom. The molecule has 3 heterocycles. The molecule has 142 valence electrons. The molecule has 0 radical (unpaired) electrons. The summed E-state index contributed by atoms with van der Waals surface area (Å²) in [5, 5.41) is 8.19. The van der Waals surface area contributed by atoms with E-state index in [9.17, 15) is 4.79 Å². The molecule has 1 aromatic carbocycles. The predicted octanol–water partition coefficient (Wildman–Crippen LogP) is 2.75. The summed E-state index contributed by atoms with van der Waals surface area (Å²) in [6, 6.07) is 4.13. The molecule has 1 aliphatic rings. The van der Waals surface area contributed by atoms with E-state index in [4.69, 9.17) is 9.72 Å². The number of thiazole rings is 1. The first-order valence-corrected chi connectivity index (χ1v) is 9.85. The average Bonchev–Trinajstić information content (AvgIpc) is 3.30. The van der Waals surface area contributed by atoms with Crippen LogP contribution in [0.2, 0.25) is 0 Å². The Morgan fingerprint density at radius 2 is 2.26 bits per heavy atom. The van der Waals surface area contributed by atoms with Crippen LogP contribution >= 0.6 is 11.3 Å². The third-order valence-electron chi connectivity index (χ3n) is 4.91. The number of nitrogens with one attached hydrogen (secondary N) is 1. The smallest absolute Gasteiger partial charge is 0.254 e. The second kappa shape index (κ2) is 7.19. The predicted molar refractivity (Wildman–Crippen MR) is 107 cm³/mol. The molecule has 1 N–H and O–H groups in total. The molecule has 8 heteroatoms. The lowest BCUT2D eigenvalue weighted by Crippen LogP contribution is -2.47. The summed E-state index contributed by atoms with van der Waals surface area (Å²) in [5.74, 6) is 0.730. The van der Waals surface area contributed by atoms with Gasteiger partial charge < -0.3 is 15.0 Å². The zero-order valence-electron chi connectivity index (χ0n) is 15.7. The first-order chi connectivity index (χ1) is 13.0. The highest BCUT2D eigenvalue weighted by Crippen LogP contribution is 2.37. The summed E-state index contributed by atoms with van der Waals surface area (Å²) in [4.78, 5) is 19.5. The molecule has 1 atom stereocenters. The average molecular weight is 385 g/mol. The van der Waals surface area contributed by atoms with E-state index in [1.54, 1.807) is 35.5 Å². The number of fused-ring (bicyclic) bond motifs is 1. The van der Waals surface area contributed by atoms with Crippen LogP contribution in [0.1, 0.15) is 28.8 Å². The van der Waals surface area contributed by atoms with Crippen LogP contribution < -0.4 is 15.0 Å². The van der Waals surface area contributed by atoms with Crippen molar-refractivity contribution in [2.75, 3.05) is 25.1 Å². The molecule has 27 heavy (non-hydrogen) atoms. The standard InChI is InChI=1S/C19H23N5O2S/c1-12-6-7-15(26-3)16-17(12)27-19(22-16)24-8-4-5-14(11-24)21-18(25)13-9-20-23(2)10-13/h6-7,9-10,14H,4-5,8,11H2,1-3H3,(H,21,25). The highest BCUT2D eigenvalue weighted by molar-refractivity contribution is 7.22. The SMILES string of the molecule is COc1ccc(C)c2sc(N3CCCC(NC(=O)c4cnn(C)c4)C3)nc12. The molecule has 0 aliphatic carbocycles. The Kier molecular flexibility index (Phi) is 4.73. The van der Waals surface area contributed by atoms with Crippen molar-refractivity contribution in [3.05, 3.63) is 35.7 Å². The van der Waals surface area contributed by atoms with Crippen molar-refractivity contribution >= 4 is 32.6 Å². The van der Waals surface area contributed by atoms with Gasteiger partial charge in [-0.1, -0.05) is 17.4 Å². The van der Waals surface area contributed by atoms with Gasteiger partial charge in [-0.3, -0.25) is 9.48 Å². The fraction of sp³-hybridized carbons (Fsp3) is 0.421. The molecule has 0 bridgehead atoms. The number of benzene rings is 1. The number of rotatable bonds is 4. The van der Waals surface area contributed by atoms with Crippen LogP contribution in [-0.4, -0.2) is 46.9 Å². The van der Waals surface area contributed by atoms with E-state index in [1.165, 1.54) is 5.56 Å². The van der Waals surface area contributed by atoms with E-state index in [0.29, 0.717) is 5.56 Å². The maximum atomic E-state index is 12.4. The summed E-state index contributed by atoms with van der Waals surface area (Å²) in [6.45, 7) is 3.80. The van der Waals surface area contributed by atoms with Crippen LogP contribution in [0.15, 0.2) is 24.5 Å². The minimum absolute atomic E-state index is 0.0724. The lowest BCUT2D eigenvalue weighted by molar-refractivity contribution is 0.0933. The summed E-state index contributed by atoms with van der Waals surface area (Å²) in [7, 11) is 3.48. The molecule has 4 rings (SSSR count). The van der Waals surface area contributed by atoms with Crippen molar-refractivity contribution in [1.82, 2.24) is 20.1 Å². The normalized spacial score (nSPS) is 17.3. The zero-order valence-corrected chi connectivity index (χ0v) is 16.5. The third-order valence-corrected chi connectivity index (χ3v) is 6.16. The number of nitrogens with zero attached hydrogens (tertiary/aromatic N) is 4. The van der Waals surface area contributed by atoms with E-state index >= 15 is 0 Å². The lowest BCUT2D eigenvalue weighted by Gasteiger charge is -2.32. The Labute approximate surface area is 162 Å². The van der Waals surface area contributed by atoms with Crippen molar-refractivity contribution in [3.63, 3.8) is 0 Å². The fourth-order valence-corrected chi connectivity index (χ4v) is 4.56. The van der Waals surface area contributed by atoms with Crippen LogP contribution in [-0.2, 0) is 7.05 Å². The van der Waals surface area contributed by atoms with E-state index in [1.807, 2.05) is 13.1 Å². The van der Waals surface area contributed by atoms with Gasteiger partial charge in [0.2, 0.25) is 0 Å². The van der Waals surface area contributed by atoms with Crippen LogP contribution in [0.4, 0.5) is 5.13 Å². The van der Waals surface area contributed by atoms with Gasteiger partial charge in [0.05, 0.1) is 23.6 Å². The highest BCUT2D eigenvalue weighted by Gasteiger charge is 2.25. The van der Waals surface area contributed by atoms with Gasteiger partial charge in [0, 0.05) is 32.4 Å². The number of ether oxygens (including phenoxy) is 1. The number of amides is 1.